The Kier molecular flexibility index (Phi) is 1.62. The average molecular weight is 166 g/mol. The number of Topliss-reactive ketones (excluding diaryl/α,β-unsaturated/α-hetero) is 1. The maximum absolute atomic E-state index is 11.6. The van der Waals surface area contributed by atoms with E-state index in [1.165, 1.54) is 5.57 Å². The number of carbonyl (C=O) groups excluding carboxylic acids is 1. The summed E-state index contributed by atoms with van der Waals surface area (Å²) in [5, 5.41) is 0. The highest BCUT2D eigenvalue weighted by Gasteiger charge is 2.43. The smallest absolute Gasteiger partial charge is 0.144 e. The normalized spacial score (nSPS) is 46.2. The van der Waals surface area contributed by atoms with Crippen molar-refractivity contribution in [3.05, 3.63) is 11.6 Å². The average Bonchev–Trinajstić information content (AvgIpc) is 2.39. The molecular weight excluding hydrogens is 152 g/mol. The first-order chi connectivity index (χ1) is 5.61. The molecule has 0 saturated carbocycles. The van der Waals surface area contributed by atoms with E-state index in [0.717, 1.165) is 0 Å². The molecular formula is C10H14O2. The molecule has 12 heavy (non-hydrogen) atoms. The van der Waals surface area contributed by atoms with E-state index < -0.39 is 0 Å². The molecule has 0 aromatic carbocycles. The molecule has 2 nitrogen and oxygen atoms in total. The fourth-order valence-corrected chi connectivity index (χ4v) is 2.17. The van der Waals surface area contributed by atoms with Gasteiger partial charge in [0.1, 0.15) is 5.78 Å². The number of fused-ring (bicyclic) bond motifs is 2. The van der Waals surface area contributed by atoms with Gasteiger partial charge in [0.05, 0.1) is 12.2 Å². The van der Waals surface area contributed by atoms with Crippen molar-refractivity contribution >= 4 is 5.78 Å². The quantitative estimate of drug-likeness (QED) is 0.510. The van der Waals surface area contributed by atoms with Crippen LogP contribution < -0.4 is 0 Å². The lowest BCUT2D eigenvalue weighted by molar-refractivity contribution is -0.143. The van der Waals surface area contributed by atoms with Gasteiger partial charge in [0, 0.05) is 11.8 Å². The van der Waals surface area contributed by atoms with Crippen molar-refractivity contribution in [1.82, 2.24) is 0 Å². The molecule has 2 bridgehead atoms. The van der Waals surface area contributed by atoms with Crippen LogP contribution in [0.5, 0.6) is 0 Å². The number of ether oxygens (including phenoxy) is 1. The zero-order valence-electron chi connectivity index (χ0n) is 7.70. The summed E-state index contributed by atoms with van der Waals surface area (Å²) in [4.78, 5) is 11.6. The summed E-state index contributed by atoms with van der Waals surface area (Å²) in [7, 11) is 0. The third kappa shape index (κ3) is 0.876. The molecule has 0 N–H and O–H groups in total. The van der Waals surface area contributed by atoms with Crippen molar-refractivity contribution in [2.24, 2.45) is 11.8 Å². The molecule has 2 aliphatic rings. The highest BCUT2D eigenvalue weighted by molar-refractivity contribution is 5.86. The van der Waals surface area contributed by atoms with Crippen LogP contribution in [-0.2, 0) is 9.53 Å². The molecule has 0 unspecified atom stereocenters. The summed E-state index contributed by atoms with van der Waals surface area (Å²) in [6, 6.07) is 0. The summed E-state index contributed by atoms with van der Waals surface area (Å²) >= 11 is 0. The van der Waals surface area contributed by atoms with Gasteiger partial charge in [-0.25, -0.2) is 0 Å². The van der Waals surface area contributed by atoms with E-state index in [-0.39, 0.29) is 24.0 Å². The second-order valence-electron chi connectivity index (χ2n) is 3.91. The Morgan fingerprint density at radius 1 is 1.33 bits per heavy atom. The van der Waals surface area contributed by atoms with E-state index in [2.05, 4.69) is 6.08 Å². The first kappa shape index (κ1) is 7.99. The van der Waals surface area contributed by atoms with Crippen molar-refractivity contribution in [1.29, 1.82) is 0 Å². The first-order valence-corrected chi connectivity index (χ1v) is 4.48. The van der Waals surface area contributed by atoms with Crippen molar-refractivity contribution in [2.75, 3.05) is 0 Å². The molecule has 0 aromatic heterocycles. The van der Waals surface area contributed by atoms with Gasteiger partial charge in [-0.1, -0.05) is 19.9 Å². The predicted molar refractivity (Wildman–Crippen MR) is 45.8 cm³/mol. The third-order valence-electron chi connectivity index (χ3n) is 3.02. The molecule has 66 valence electrons. The largest absolute Gasteiger partial charge is 0.365 e. The van der Waals surface area contributed by atoms with Crippen molar-refractivity contribution in [3.63, 3.8) is 0 Å². The Labute approximate surface area is 72.6 Å². The molecule has 2 aliphatic heterocycles. The maximum atomic E-state index is 11.6. The molecule has 4 atom stereocenters. The SMILES string of the molecule is CC1=C[C@H]2O[C@@H]1[C@@H](C)C(=O)[C@@H]2C. The number of ketones is 1. The van der Waals surface area contributed by atoms with Crippen molar-refractivity contribution in [2.45, 2.75) is 33.0 Å². The molecule has 2 rings (SSSR count). The molecule has 0 aliphatic carbocycles. The van der Waals surface area contributed by atoms with E-state index in [1.54, 1.807) is 0 Å². The lowest BCUT2D eigenvalue weighted by atomic mass is 9.87. The fraction of sp³-hybridized carbons (Fsp3) is 0.700. The van der Waals surface area contributed by atoms with E-state index >= 15 is 0 Å². The summed E-state index contributed by atoms with van der Waals surface area (Å²) in [5.74, 6) is 0.452. The third-order valence-corrected chi connectivity index (χ3v) is 3.02. The van der Waals surface area contributed by atoms with Gasteiger partial charge in [0.25, 0.3) is 0 Å². The van der Waals surface area contributed by atoms with Gasteiger partial charge in [0.15, 0.2) is 0 Å². The number of rotatable bonds is 0. The molecule has 0 aromatic rings. The lowest BCUT2D eigenvalue weighted by Gasteiger charge is -2.31. The van der Waals surface area contributed by atoms with Gasteiger partial charge in [-0.3, -0.25) is 4.79 Å². The molecule has 0 spiro atoms. The second kappa shape index (κ2) is 2.43. The van der Waals surface area contributed by atoms with Gasteiger partial charge in [0.2, 0.25) is 0 Å². The Morgan fingerprint density at radius 3 is 2.67 bits per heavy atom. The van der Waals surface area contributed by atoms with E-state index in [4.69, 9.17) is 4.74 Å². The molecule has 0 amide bonds. The van der Waals surface area contributed by atoms with Crippen molar-refractivity contribution < 1.29 is 9.53 Å². The van der Waals surface area contributed by atoms with Gasteiger partial charge < -0.3 is 4.74 Å². The maximum Gasteiger partial charge on any atom is 0.144 e. The standard InChI is InChI=1S/C10H14O2/c1-5-4-8-6(2)9(11)7(3)10(5)12-8/h4,6-8,10H,1-3H3/t6-,7+,8-,10+/m1/s1. The number of hydrogen-bond acceptors (Lipinski definition) is 2. The zero-order valence-corrected chi connectivity index (χ0v) is 7.70. The monoisotopic (exact) mass is 166 g/mol. The van der Waals surface area contributed by atoms with Crippen LogP contribution in [-0.4, -0.2) is 18.0 Å². The predicted octanol–water partition coefficient (Wildman–Crippen LogP) is 1.55. The Bertz CT molecular complexity index is 255. The molecule has 0 radical (unpaired) electrons. The highest BCUT2D eigenvalue weighted by atomic mass is 16.5. The Morgan fingerprint density at radius 2 is 2.00 bits per heavy atom. The highest BCUT2D eigenvalue weighted by Crippen LogP contribution is 2.36. The van der Waals surface area contributed by atoms with Crippen LogP contribution in [0.25, 0.3) is 0 Å². The van der Waals surface area contributed by atoms with Crippen molar-refractivity contribution in [3.8, 4) is 0 Å². The van der Waals surface area contributed by atoms with Gasteiger partial charge >= 0.3 is 0 Å². The van der Waals surface area contributed by atoms with Crippen LogP contribution in [0, 0.1) is 11.8 Å². The summed E-state index contributed by atoms with van der Waals surface area (Å²) in [5.41, 5.74) is 1.23. The van der Waals surface area contributed by atoms with E-state index in [1.807, 2.05) is 20.8 Å². The Hall–Kier alpha value is -0.630. The minimum Gasteiger partial charge on any atom is -0.365 e. The first-order valence-electron chi connectivity index (χ1n) is 4.48. The Balaban J connectivity index is 2.34. The lowest BCUT2D eigenvalue weighted by Crippen LogP contribution is -2.41. The number of carbonyl (C=O) groups is 1. The van der Waals surface area contributed by atoms with Gasteiger partial charge in [-0.2, -0.15) is 0 Å². The van der Waals surface area contributed by atoms with Crippen LogP contribution in [0.3, 0.4) is 0 Å². The molecule has 1 saturated heterocycles. The summed E-state index contributed by atoms with van der Waals surface area (Å²) < 4.78 is 5.69. The second-order valence-corrected chi connectivity index (χ2v) is 3.91. The summed E-state index contributed by atoms with van der Waals surface area (Å²) in [6.07, 6.45) is 2.22. The fourth-order valence-electron chi connectivity index (χ4n) is 2.17. The van der Waals surface area contributed by atoms with Crippen LogP contribution in [0.4, 0.5) is 0 Å². The van der Waals surface area contributed by atoms with E-state index in [0.29, 0.717) is 5.78 Å². The van der Waals surface area contributed by atoms with E-state index in [9.17, 15) is 4.79 Å². The summed E-state index contributed by atoms with van der Waals surface area (Å²) in [6.45, 7) is 5.96. The van der Waals surface area contributed by atoms with Gasteiger partial charge in [-0.15, -0.1) is 0 Å². The number of hydrogen-bond donors (Lipinski definition) is 0. The molecule has 1 fully saturated rings. The van der Waals surface area contributed by atoms with Crippen LogP contribution >= 0.6 is 0 Å². The topological polar surface area (TPSA) is 26.3 Å². The van der Waals surface area contributed by atoms with Crippen LogP contribution in [0.15, 0.2) is 11.6 Å². The van der Waals surface area contributed by atoms with Gasteiger partial charge in [-0.05, 0) is 12.5 Å². The molecule has 2 heteroatoms. The minimum atomic E-state index is 0.0497. The zero-order chi connectivity index (χ0) is 8.88. The van der Waals surface area contributed by atoms with Crippen LogP contribution in [0.1, 0.15) is 20.8 Å². The minimum absolute atomic E-state index is 0.0497. The van der Waals surface area contributed by atoms with Crippen LogP contribution in [0.2, 0.25) is 0 Å². The molecule has 2 heterocycles.